The molecule has 0 spiro atoms. The van der Waals surface area contributed by atoms with Gasteiger partial charge in [0.15, 0.2) is 0 Å². The predicted octanol–water partition coefficient (Wildman–Crippen LogP) is 1.18. The molecule has 3 nitrogen and oxygen atoms in total. The molecule has 0 atom stereocenters. The van der Waals surface area contributed by atoms with Crippen LogP contribution in [0.15, 0.2) is 6.20 Å². The number of nitrogens with two attached hydrogens (primary N) is 1. The van der Waals surface area contributed by atoms with Crippen LogP contribution in [0.5, 0.6) is 0 Å². The summed E-state index contributed by atoms with van der Waals surface area (Å²) in [5.41, 5.74) is 6.75. The molecule has 0 aromatic carbocycles. The van der Waals surface area contributed by atoms with E-state index in [-0.39, 0.29) is 0 Å². The standard InChI is InChI=1S/C7H13N3/c1-3-4-10-7(8)6(2)5-9-10/h5H,3-4,8H2,1-2H3. The highest BCUT2D eigenvalue weighted by molar-refractivity contribution is 5.36. The number of hydrogen-bond acceptors (Lipinski definition) is 2. The summed E-state index contributed by atoms with van der Waals surface area (Å²) in [5.74, 6) is 0.793. The van der Waals surface area contributed by atoms with Gasteiger partial charge in [-0.25, -0.2) is 4.68 Å². The van der Waals surface area contributed by atoms with E-state index < -0.39 is 0 Å². The molecule has 0 radical (unpaired) electrons. The summed E-state index contributed by atoms with van der Waals surface area (Å²) in [4.78, 5) is 0. The average Bonchev–Trinajstić information content (AvgIpc) is 2.20. The van der Waals surface area contributed by atoms with Crippen LogP contribution in [0, 0.1) is 6.92 Å². The fraction of sp³-hybridized carbons (Fsp3) is 0.571. The predicted molar refractivity (Wildman–Crippen MR) is 41.7 cm³/mol. The zero-order valence-corrected chi connectivity index (χ0v) is 6.46. The van der Waals surface area contributed by atoms with Crippen molar-refractivity contribution in [1.29, 1.82) is 0 Å². The fourth-order valence-electron chi connectivity index (χ4n) is 0.878. The van der Waals surface area contributed by atoms with Crippen LogP contribution < -0.4 is 5.73 Å². The van der Waals surface area contributed by atoms with Gasteiger partial charge in [-0.3, -0.25) is 0 Å². The first-order chi connectivity index (χ1) is 4.75. The lowest BCUT2D eigenvalue weighted by atomic mass is 10.4. The minimum atomic E-state index is 0.793. The molecule has 10 heavy (non-hydrogen) atoms. The Labute approximate surface area is 60.8 Å². The van der Waals surface area contributed by atoms with Crippen molar-refractivity contribution in [1.82, 2.24) is 9.78 Å². The normalized spacial score (nSPS) is 10.2. The summed E-state index contributed by atoms with van der Waals surface area (Å²) >= 11 is 0. The van der Waals surface area contributed by atoms with Crippen molar-refractivity contribution >= 4 is 5.82 Å². The van der Waals surface area contributed by atoms with E-state index in [4.69, 9.17) is 5.73 Å². The molecule has 1 rings (SSSR count). The van der Waals surface area contributed by atoms with Gasteiger partial charge in [-0.1, -0.05) is 6.92 Å². The average molecular weight is 139 g/mol. The smallest absolute Gasteiger partial charge is 0.124 e. The van der Waals surface area contributed by atoms with E-state index in [0.29, 0.717) is 0 Å². The molecule has 0 unspecified atom stereocenters. The molecule has 0 aliphatic carbocycles. The Balaban J connectivity index is 2.83. The van der Waals surface area contributed by atoms with Crippen molar-refractivity contribution in [2.45, 2.75) is 26.8 Å². The van der Waals surface area contributed by atoms with Gasteiger partial charge in [0.1, 0.15) is 5.82 Å². The highest BCUT2D eigenvalue weighted by atomic mass is 15.3. The summed E-state index contributed by atoms with van der Waals surface area (Å²) < 4.78 is 1.83. The minimum Gasteiger partial charge on any atom is -0.384 e. The van der Waals surface area contributed by atoms with Crippen LogP contribution in [-0.4, -0.2) is 9.78 Å². The molecule has 0 bridgehead atoms. The maximum absolute atomic E-state index is 5.69. The van der Waals surface area contributed by atoms with E-state index in [9.17, 15) is 0 Å². The Hall–Kier alpha value is -0.990. The van der Waals surface area contributed by atoms with Crippen molar-refractivity contribution in [3.05, 3.63) is 11.8 Å². The van der Waals surface area contributed by atoms with Gasteiger partial charge in [-0.2, -0.15) is 5.10 Å². The van der Waals surface area contributed by atoms with E-state index in [1.54, 1.807) is 6.20 Å². The van der Waals surface area contributed by atoms with Crippen LogP contribution in [0.1, 0.15) is 18.9 Å². The van der Waals surface area contributed by atoms with Crippen LogP contribution in [0.2, 0.25) is 0 Å². The monoisotopic (exact) mass is 139 g/mol. The quantitative estimate of drug-likeness (QED) is 0.668. The van der Waals surface area contributed by atoms with Crippen LogP contribution in [0.3, 0.4) is 0 Å². The third-order valence-electron chi connectivity index (χ3n) is 1.51. The van der Waals surface area contributed by atoms with E-state index >= 15 is 0 Å². The highest BCUT2D eigenvalue weighted by Gasteiger charge is 1.99. The molecule has 2 N–H and O–H groups in total. The maximum Gasteiger partial charge on any atom is 0.124 e. The van der Waals surface area contributed by atoms with E-state index in [1.165, 1.54) is 0 Å². The number of aryl methyl sites for hydroxylation is 2. The summed E-state index contributed by atoms with van der Waals surface area (Å²) in [5, 5.41) is 4.10. The third-order valence-corrected chi connectivity index (χ3v) is 1.51. The van der Waals surface area contributed by atoms with Gasteiger partial charge < -0.3 is 5.73 Å². The molecule has 0 saturated carbocycles. The number of aromatic nitrogens is 2. The zero-order chi connectivity index (χ0) is 7.56. The lowest BCUT2D eigenvalue weighted by Crippen LogP contribution is -2.03. The number of rotatable bonds is 2. The second-order valence-corrected chi connectivity index (χ2v) is 2.44. The molecule has 1 aromatic rings. The van der Waals surface area contributed by atoms with Crippen LogP contribution >= 0.6 is 0 Å². The third kappa shape index (κ3) is 1.12. The van der Waals surface area contributed by atoms with Gasteiger partial charge in [-0.05, 0) is 13.3 Å². The molecule has 0 aliphatic rings. The Bertz CT molecular complexity index is 215. The fourth-order valence-corrected chi connectivity index (χ4v) is 0.878. The molecular formula is C7H13N3. The zero-order valence-electron chi connectivity index (χ0n) is 6.46. The molecule has 0 saturated heterocycles. The van der Waals surface area contributed by atoms with Gasteiger partial charge in [0.05, 0.1) is 6.20 Å². The summed E-state index contributed by atoms with van der Waals surface area (Å²) in [6.07, 6.45) is 2.87. The van der Waals surface area contributed by atoms with Crippen molar-refractivity contribution in [3.63, 3.8) is 0 Å². The Kier molecular flexibility index (Phi) is 1.94. The van der Waals surface area contributed by atoms with Crippen molar-refractivity contribution < 1.29 is 0 Å². The van der Waals surface area contributed by atoms with Crippen molar-refractivity contribution in [2.75, 3.05) is 5.73 Å². The second kappa shape index (κ2) is 2.73. The number of nitrogens with zero attached hydrogens (tertiary/aromatic N) is 2. The van der Waals surface area contributed by atoms with Crippen molar-refractivity contribution in [2.24, 2.45) is 0 Å². The van der Waals surface area contributed by atoms with Gasteiger partial charge in [0, 0.05) is 12.1 Å². The lowest BCUT2D eigenvalue weighted by molar-refractivity contribution is 0.611. The van der Waals surface area contributed by atoms with Gasteiger partial charge >= 0.3 is 0 Å². The molecular weight excluding hydrogens is 126 g/mol. The van der Waals surface area contributed by atoms with Crippen LogP contribution in [0.25, 0.3) is 0 Å². The number of nitrogen functional groups attached to an aromatic ring is 1. The summed E-state index contributed by atoms with van der Waals surface area (Å²) in [7, 11) is 0. The van der Waals surface area contributed by atoms with E-state index in [0.717, 1.165) is 24.3 Å². The largest absolute Gasteiger partial charge is 0.384 e. The molecule has 0 fully saturated rings. The highest BCUT2D eigenvalue weighted by Crippen LogP contribution is 2.08. The Morgan fingerprint density at radius 1 is 1.70 bits per heavy atom. The maximum atomic E-state index is 5.69. The summed E-state index contributed by atoms with van der Waals surface area (Å²) in [6, 6.07) is 0. The molecule has 56 valence electrons. The molecule has 1 aromatic heterocycles. The van der Waals surface area contributed by atoms with Crippen LogP contribution in [-0.2, 0) is 6.54 Å². The van der Waals surface area contributed by atoms with Gasteiger partial charge in [-0.15, -0.1) is 0 Å². The van der Waals surface area contributed by atoms with Crippen LogP contribution in [0.4, 0.5) is 5.82 Å². The van der Waals surface area contributed by atoms with E-state index in [1.807, 2.05) is 11.6 Å². The molecule has 0 amide bonds. The van der Waals surface area contributed by atoms with Crippen molar-refractivity contribution in [3.8, 4) is 0 Å². The number of hydrogen-bond donors (Lipinski definition) is 1. The Morgan fingerprint density at radius 3 is 2.80 bits per heavy atom. The minimum absolute atomic E-state index is 0.793. The Morgan fingerprint density at radius 2 is 2.40 bits per heavy atom. The van der Waals surface area contributed by atoms with Gasteiger partial charge in [0.25, 0.3) is 0 Å². The van der Waals surface area contributed by atoms with Gasteiger partial charge in [0.2, 0.25) is 0 Å². The molecule has 1 heterocycles. The summed E-state index contributed by atoms with van der Waals surface area (Å²) in [6.45, 7) is 4.99. The first kappa shape index (κ1) is 7.12. The SMILES string of the molecule is CCCn1ncc(C)c1N. The molecule has 0 aliphatic heterocycles. The second-order valence-electron chi connectivity index (χ2n) is 2.44. The topological polar surface area (TPSA) is 43.8 Å². The number of anilines is 1. The lowest BCUT2D eigenvalue weighted by Gasteiger charge is -1.99. The first-order valence-corrected chi connectivity index (χ1v) is 3.53. The molecule has 3 heteroatoms. The van der Waals surface area contributed by atoms with E-state index in [2.05, 4.69) is 12.0 Å². The first-order valence-electron chi connectivity index (χ1n) is 3.53.